The molecule has 1 nitrogen and oxygen atoms in total. The summed E-state index contributed by atoms with van der Waals surface area (Å²) in [6, 6.07) is 8.08. The summed E-state index contributed by atoms with van der Waals surface area (Å²) in [5, 5.41) is 0. The zero-order chi connectivity index (χ0) is 8.97. The summed E-state index contributed by atoms with van der Waals surface area (Å²) in [5.74, 6) is 0. The van der Waals surface area contributed by atoms with E-state index in [1.807, 2.05) is 18.2 Å². The van der Waals surface area contributed by atoms with Crippen molar-refractivity contribution in [2.24, 2.45) is 5.73 Å². The predicted octanol–water partition coefficient (Wildman–Crippen LogP) is 2.59. The van der Waals surface area contributed by atoms with Gasteiger partial charge < -0.3 is 5.73 Å². The average molecular weight is 179 g/mol. The average Bonchev–Trinajstić information content (AvgIpc) is 2.16. The molecule has 1 aromatic carbocycles. The molecule has 0 aliphatic heterocycles. The zero-order valence-corrected chi connectivity index (χ0v) is 7.97. The molecule has 0 saturated heterocycles. The van der Waals surface area contributed by atoms with Gasteiger partial charge in [0.05, 0.1) is 0 Å². The van der Waals surface area contributed by atoms with Crippen molar-refractivity contribution in [1.29, 1.82) is 0 Å². The van der Waals surface area contributed by atoms with Gasteiger partial charge in [-0.2, -0.15) is 0 Å². The van der Waals surface area contributed by atoms with E-state index in [9.17, 15) is 0 Å². The molecular formula is C10H13NS. The molecule has 0 fully saturated rings. The van der Waals surface area contributed by atoms with E-state index >= 15 is 0 Å². The minimum Gasteiger partial charge on any atom is -0.321 e. The van der Waals surface area contributed by atoms with E-state index in [1.165, 1.54) is 4.90 Å². The summed E-state index contributed by atoms with van der Waals surface area (Å²) >= 11 is 1.71. The fourth-order valence-electron chi connectivity index (χ4n) is 1.07. The van der Waals surface area contributed by atoms with Crippen molar-refractivity contribution in [1.82, 2.24) is 0 Å². The molecule has 0 aliphatic carbocycles. The Morgan fingerprint density at radius 3 is 2.75 bits per heavy atom. The van der Waals surface area contributed by atoms with Gasteiger partial charge in [-0.15, -0.1) is 18.3 Å². The summed E-state index contributed by atoms with van der Waals surface area (Å²) in [4.78, 5) is 1.23. The van der Waals surface area contributed by atoms with E-state index in [0.29, 0.717) is 0 Å². The van der Waals surface area contributed by atoms with Crippen LogP contribution in [0.25, 0.3) is 0 Å². The van der Waals surface area contributed by atoms with Gasteiger partial charge in [0.15, 0.2) is 0 Å². The lowest BCUT2D eigenvalue weighted by atomic mass is 10.1. The molecule has 0 aromatic heterocycles. The van der Waals surface area contributed by atoms with E-state index in [-0.39, 0.29) is 6.04 Å². The highest BCUT2D eigenvalue weighted by Gasteiger charge is 2.04. The Hall–Kier alpha value is -0.730. The summed E-state index contributed by atoms with van der Waals surface area (Å²) in [7, 11) is 0. The van der Waals surface area contributed by atoms with Gasteiger partial charge in [-0.3, -0.25) is 0 Å². The Kier molecular flexibility index (Phi) is 3.38. The first kappa shape index (κ1) is 9.36. The summed E-state index contributed by atoms with van der Waals surface area (Å²) in [6.07, 6.45) is 3.81. The second kappa shape index (κ2) is 4.33. The molecule has 1 aromatic rings. The van der Waals surface area contributed by atoms with Crippen LogP contribution in [0.3, 0.4) is 0 Å². The molecule has 0 radical (unpaired) electrons. The monoisotopic (exact) mass is 179 g/mol. The van der Waals surface area contributed by atoms with Gasteiger partial charge in [-0.05, 0) is 17.9 Å². The molecule has 12 heavy (non-hydrogen) atoms. The van der Waals surface area contributed by atoms with Crippen molar-refractivity contribution in [3.63, 3.8) is 0 Å². The molecule has 0 bridgehead atoms. The fraction of sp³-hybridized carbons (Fsp3) is 0.200. The van der Waals surface area contributed by atoms with Crippen LogP contribution < -0.4 is 5.73 Å². The number of benzene rings is 1. The first-order valence-corrected chi connectivity index (χ1v) is 5.03. The highest BCUT2D eigenvalue weighted by Crippen LogP contribution is 2.24. The molecule has 2 heteroatoms. The molecule has 1 rings (SSSR count). The minimum atomic E-state index is -0.0475. The van der Waals surface area contributed by atoms with Crippen LogP contribution in [0.5, 0.6) is 0 Å². The minimum absolute atomic E-state index is 0.0475. The smallest absolute Gasteiger partial charge is 0.0489 e. The van der Waals surface area contributed by atoms with Gasteiger partial charge in [-0.1, -0.05) is 24.3 Å². The van der Waals surface area contributed by atoms with Crippen molar-refractivity contribution in [3.8, 4) is 0 Å². The Morgan fingerprint density at radius 2 is 2.17 bits per heavy atom. The fourth-order valence-corrected chi connectivity index (χ4v) is 1.72. The largest absolute Gasteiger partial charge is 0.321 e. The van der Waals surface area contributed by atoms with Crippen LogP contribution in [-0.4, -0.2) is 6.26 Å². The van der Waals surface area contributed by atoms with Gasteiger partial charge in [0, 0.05) is 10.9 Å². The van der Waals surface area contributed by atoms with E-state index in [1.54, 1.807) is 17.8 Å². The van der Waals surface area contributed by atoms with Crippen molar-refractivity contribution >= 4 is 11.8 Å². The van der Waals surface area contributed by atoms with Gasteiger partial charge in [0.25, 0.3) is 0 Å². The van der Waals surface area contributed by atoms with E-state index in [2.05, 4.69) is 18.9 Å². The van der Waals surface area contributed by atoms with Gasteiger partial charge >= 0.3 is 0 Å². The van der Waals surface area contributed by atoms with Crippen LogP contribution in [0.1, 0.15) is 11.6 Å². The second-order valence-electron chi connectivity index (χ2n) is 2.50. The van der Waals surface area contributed by atoms with Crippen LogP contribution in [0.15, 0.2) is 41.8 Å². The quantitative estimate of drug-likeness (QED) is 0.570. The van der Waals surface area contributed by atoms with Crippen molar-refractivity contribution < 1.29 is 0 Å². The van der Waals surface area contributed by atoms with Gasteiger partial charge in [0.2, 0.25) is 0 Å². The third kappa shape index (κ3) is 1.90. The molecule has 1 atom stereocenters. The van der Waals surface area contributed by atoms with Crippen molar-refractivity contribution in [3.05, 3.63) is 42.5 Å². The standard InChI is InChI=1S/C10H13NS/c1-3-9(11)8-6-4-5-7-10(8)12-2/h3-7,9H,1,11H2,2H3. The van der Waals surface area contributed by atoms with Crippen LogP contribution in [-0.2, 0) is 0 Å². The van der Waals surface area contributed by atoms with Crippen LogP contribution in [0.2, 0.25) is 0 Å². The van der Waals surface area contributed by atoms with E-state index in [0.717, 1.165) is 5.56 Å². The molecule has 0 aliphatic rings. The maximum atomic E-state index is 5.84. The zero-order valence-electron chi connectivity index (χ0n) is 7.16. The molecule has 0 spiro atoms. The summed E-state index contributed by atoms with van der Waals surface area (Å²) in [5.41, 5.74) is 6.99. The summed E-state index contributed by atoms with van der Waals surface area (Å²) in [6.45, 7) is 3.68. The van der Waals surface area contributed by atoms with Crippen LogP contribution in [0, 0.1) is 0 Å². The molecule has 1 unspecified atom stereocenters. The lowest BCUT2D eigenvalue weighted by Gasteiger charge is -2.10. The molecule has 0 saturated carbocycles. The number of hydrogen-bond donors (Lipinski definition) is 1. The number of rotatable bonds is 3. The van der Waals surface area contributed by atoms with Crippen molar-refractivity contribution in [2.75, 3.05) is 6.26 Å². The SMILES string of the molecule is C=CC(N)c1ccccc1SC. The third-order valence-electron chi connectivity index (χ3n) is 1.75. The third-order valence-corrected chi connectivity index (χ3v) is 2.56. The Balaban J connectivity index is 3.04. The van der Waals surface area contributed by atoms with E-state index in [4.69, 9.17) is 5.73 Å². The molecule has 64 valence electrons. The lowest BCUT2D eigenvalue weighted by Crippen LogP contribution is -2.07. The first-order valence-electron chi connectivity index (χ1n) is 3.80. The normalized spacial score (nSPS) is 12.5. The lowest BCUT2D eigenvalue weighted by molar-refractivity contribution is 0.887. The Morgan fingerprint density at radius 1 is 1.50 bits per heavy atom. The van der Waals surface area contributed by atoms with Crippen LogP contribution in [0.4, 0.5) is 0 Å². The summed E-state index contributed by atoms with van der Waals surface area (Å²) < 4.78 is 0. The number of nitrogens with two attached hydrogens (primary N) is 1. The Bertz CT molecular complexity index is 270. The second-order valence-corrected chi connectivity index (χ2v) is 3.35. The highest BCUT2D eigenvalue weighted by molar-refractivity contribution is 7.98. The molecule has 2 N–H and O–H groups in total. The number of hydrogen-bond acceptors (Lipinski definition) is 2. The van der Waals surface area contributed by atoms with Gasteiger partial charge in [0.1, 0.15) is 0 Å². The first-order chi connectivity index (χ1) is 5.79. The Labute approximate surface area is 77.7 Å². The van der Waals surface area contributed by atoms with Crippen LogP contribution >= 0.6 is 11.8 Å². The predicted molar refractivity (Wildman–Crippen MR) is 55.3 cm³/mol. The number of thioether (sulfide) groups is 1. The molecule has 0 heterocycles. The maximum absolute atomic E-state index is 5.84. The molecule has 0 amide bonds. The topological polar surface area (TPSA) is 26.0 Å². The highest BCUT2D eigenvalue weighted by atomic mass is 32.2. The van der Waals surface area contributed by atoms with Gasteiger partial charge in [-0.25, -0.2) is 0 Å². The van der Waals surface area contributed by atoms with Crippen molar-refractivity contribution in [2.45, 2.75) is 10.9 Å². The maximum Gasteiger partial charge on any atom is 0.0489 e. The molecular weight excluding hydrogens is 166 g/mol. The van der Waals surface area contributed by atoms with E-state index < -0.39 is 0 Å².